The first kappa shape index (κ1) is 22.3. The van der Waals surface area contributed by atoms with Crippen molar-refractivity contribution in [3.8, 4) is 22.6 Å². The van der Waals surface area contributed by atoms with Gasteiger partial charge in [0.1, 0.15) is 0 Å². The summed E-state index contributed by atoms with van der Waals surface area (Å²) in [7, 11) is 0. The summed E-state index contributed by atoms with van der Waals surface area (Å²) in [5, 5.41) is 14.2. The van der Waals surface area contributed by atoms with E-state index in [2.05, 4.69) is 63.0 Å². The van der Waals surface area contributed by atoms with Gasteiger partial charge in [0.05, 0.1) is 12.2 Å². The summed E-state index contributed by atoms with van der Waals surface area (Å²) >= 11 is 0. The van der Waals surface area contributed by atoms with Crippen LogP contribution in [-0.2, 0) is 13.0 Å². The van der Waals surface area contributed by atoms with Crippen LogP contribution in [0.4, 0.5) is 0 Å². The number of hydrogen-bond acceptors (Lipinski definition) is 5. The number of rotatable bonds is 8. The number of aromatic nitrogens is 7. The summed E-state index contributed by atoms with van der Waals surface area (Å²) in [6.07, 6.45) is 13.0. The summed E-state index contributed by atoms with van der Waals surface area (Å²) in [4.78, 5) is 18.0. The highest BCUT2D eigenvalue weighted by atomic mass is 16.1. The maximum atomic E-state index is 13.4. The maximum absolute atomic E-state index is 13.4. The fourth-order valence-electron chi connectivity index (χ4n) is 4.95. The molecule has 1 aliphatic rings. The van der Waals surface area contributed by atoms with Crippen LogP contribution in [0.5, 0.6) is 0 Å². The van der Waals surface area contributed by atoms with Crippen LogP contribution in [-0.4, -0.2) is 34.7 Å². The number of unbranched alkanes of at least 4 members (excludes halogenated alkanes) is 1. The van der Waals surface area contributed by atoms with Crippen LogP contribution < -0.4 is 5.69 Å². The van der Waals surface area contributed by atoms with E-state index in [1.165, 1.54) is 19.3 Å². The van der Waals surface area contributed by atoms with E-state index in [4.69, 9.17) is 0 Å². The number of nitrogens with one attached hydrogen (secondary N) is 1. The number of nitrogens with zero attached hydrogens (tertiary/aromatic N) is 6. The Balaban J connectivity index is 1.42. The van der Waals surface area contributed by atoms with Crippen molar-refractivity contribution in [1.29, 1.82) is 0 Å². The number of aromatic amines is 1. The molecule has 3 aromatic heterocycles. The highest BCUT2D eigenvalue weighted by molar-refractivity contribution is 5.76. The molecule has 1 N–H and O–H groups in total. The van der Waals surface area contributed by atoms with Crippen LogP contribution in [0.1, 0.15) is 69.2 Å². The molecule has 1 aromatic carbocycles. The summed E-state index contributed by atoms with van der Waals surface area (Å²) < 4.78 is 4.00. The molecule has 34 heavy (non-hydrogen) atoms. The van der Waals surface area contributed by atoms with Gasteiger partial charge in [0, 0.05) is 35.3 Å². The van der Waals surface area contributed by atoms with Gasteiger partial charge in [-0.1, -0.05) is 56.9 Å². The number of aryl methyl sites for hydroxylation is 1. The van der Waals surface area contributed by atoms with Gasteiger partial charge >= 0.3 is 5.69 Å². The fourth-order valence-corrected chi connectivity index (χ4v) is 4.95. The zero-order chi connectivity index (χ0) is 23.3. The van der Waals surface area contributed by atoms with E-state index in [0.717, 1.165) is 60.2 Å². The lowest BCUT2D eigenvalue weighted by atomic mass is 9.95. The van der Waals surface area contributed by atoms with Crippen molar-refractivity contribution in [2.45, 2.75) is 70.9 Å². The average Bonchev–Trinajstić information content (AvgIpc) is 3.53. The topological polar surface area (TPSA) is 94.3 Å². The Morgan fingerprint density at radius 2 is 1.91 bits per heavy atom. The van der Waals surface area contributed by atoms with E-state index in [9.17, 15) is 4.79 Å². The third-order valence-electron chi connectivity index (χ3n) is 6.82. The minimum atomic E-state index is 0.131. The molecule has 1 aliphatic carbocycles. The Kier molecular flexibility index (Phi) is 6.65. The third kappa shape index (κ3) is 4.58. The zero-order valence-corrected chi connectivity index (χ0v) is 19.7. The van der Waals surface area contributed by atoms with Gasteiger partial charge in [-0.15, -0.1) is 5.10 Å². The van der Waals surface area contributed by atoms with Crippen LogP contribution in [0.3, 0.4) is 0 Å². The van der Waals surface area contributed by atoms with Crippen molar-refractivity contribution in [1.82, 2.24) is 34.7 Å². The second-order valence-corrected chi connectivity index (χ2v) is 9.14. The van der Waals surface area contributed by atoms with Gasteiger partial charge in [-0.05, 0) is 53.8 Å². The standard InChI is InChI=1S/C26H31N7O/c1-2-3-8-22-18-33(21-9-5-4-6-10-21)26(34)32(22)17-19-12-14-20(15-13-19)24-23(11-7-16-27-24)25-28-30-31-29-25/h7,11-16,18,21H,2-6,8-10,17H2,1H3,(H,28,29,30,31). The number of benzene rings is 1. The Morgan fingerprint density at radius 3 is 2.65 bits per heavy atom. The minimum absolute atomic E-state index is 0.131. The number of pyridine rings is 1. The molecule has 8 nitrogen and oxygen atoms in total. The number of tetrazole rings is 1. The smallest absolute Gasteiger partial charge is 0.296 e. The molecule has 1 saturated carbocycles. The van der Waals surface area contributed by atoms with Gasteiger partial charge in [-0.2, -0.15) is 0 Å². The van der Waals surface area contributed by atoms with Gasteiger partial charge in [-0.25, -0.2) is 9.89 Å². The lowest BCUT2D eigenvalue weighted by Gasteiger charge is -2.22. The van der Waals surface area contributed by atoms with Crippen molar-refractivity contribution < 1.29 is 0 Å². The molecule has 0 spiro atoms. The average molecular weight is 458 g/mol. The first-order valence-electron chi connectivity index (χ1n) is 12.3. The van der Waals surface area contributed by atoms with Crippen LogP contribution >= 0.6 is 0 Å². The Bertz CT molecular complexity index is 1270. The monoisotopic (exact) mass is 457 g/mol. The van der Waals surface area contributed by atoms with E-state index in [1.807, 2.05) is 21.3 Å². The van der Waals surface area contributed by atoms with E-state index in [0.29, 0.717) is 18.4 Å². The summed E-state index contributed by atoms with van der Waals surface area (Å²) in [5.41, 5.74) is 5.02. The maximum Gasteiger partial charge on any atom is 0.328 e. The molecule has 1 fully saturated rings. The number of hydrogen-bond donors (Lipinski definition) is 1. The second kappa shape index (κ2) is 10.2. The van der Waals surface area contributed by atoms with E-state index in [1.54, 1.807) is 6.20 Å². The Morgan fingerprint density at radius 1 is 1.09 bits per heavy atom. The molecule has 8 heteroatoms. The minimum Gasteiger partial charge on any atom is -0.296 e. The quantitative estimate of drug-likeness (QED) is 0.411. The van der Waals surface area contributed by atoms with E-state index in [-0.39, 0.29) is 5.69 Å². The molecule has 4 aromatic rings. The molecule has 0 bridgehead atoms. The van der Waals surface area contributed by atoms with Crippen LogP contribution in [0.15, 0.2) is 53.6 Å². The zero-order valence-electron chi connectivity index (χ0n) is 19.7. The molecule has 0 atom stereocenters. The fraction of sp³-hybridized carbons (Fsp3) is 0.423. The van der Waals surface area contributed by atoms with Gasteiger partial charge in [0.15, 0.2) is 5.82 Å². The van der Waals surface area contributed by atoms with Crippen LogP contribution in [0.2, 0.25) is 0 Å². The summed E-state index contributed by atoms with van der Waals surface area (Å²) in [6.45, 7) is 2.78. The van der Waals surface area contributed by atoms with Crippen molar-refractivity contribution in [2.24, 2.45) is 0 Å². The van der Waals surface area contributed by atoms with Crippen LogP contribution in [0, 0.1) is 0 Å². The van der Waals surface area contributed by atoms with Gasteiger partial charge in [0.25, 0.3) is 0 Å². The number of H-pyrrole nitrogens is 1. The molecule has 0 amide bonds. The first-order chi connectivity index (χ1) is 16.7. The lowest BCUT2D eigenvalue weighted by molar-refractivity contribution is 0.344. The van der Waals surface area contributed by atoms with Crippen molar-refractivity contribution in [3.05, 3.63) is 70.5 Å². The van der Waals surface area contributed by atoms with Gasteiger partial charge < -0.3 is 0 Å². The highest BCUT2D eigenvalue weighted by Crippen LogP contribution is 2.29. The largest absolute Gasteiger partial charge is 0.328 e. The highest BCUT2D eigenvalue weighted by Gasteiger charge is 2.21. The Labute approximate surface area is 199 Å². The SMILES string of the molecule is CCCCc1cn(C2CCCCC2)c(=O)n1Cc1ccc(-c2ncccc2-c2nnn[nH]2)cc1. The predicted octanol–water partition coefficient (Wildman–Crippen LogP) is 4.79. The summed E-state index contributed by atoms with van der Waals surface area (Å²) in [6, 6.07) is 12.4. The molecule has 176 valence electrons. The molecular weight excluding hydrogens is 426 g/mol. The van der Waals surface area contributed by atoms with Crippen molar-refractivity contribution >= 4 is 0 Å². The molecule has 0 radical (unpaired) electrons. The molecule has 3 heterocycles. The molecule has 0 unspecified atom stereocenters. The first-order valence-corrected chi connectivity index (χ1v) is 12.3. The van der Waals surface area contributed by atoms with Gasteiger partial charge in [0.2, 0.25) is 0 Å². The van der Waals surface area contributed by atoms with Gasteiger partial charge in [-0.3, -0.25) is 14.1 Å². The predicted molar refractivity (Wildman–Crippen MR) is 131 cm³/mol. The summed E-state index contributed by atoms with van der Waals surface area (Å²) in [5.74, 6) is 0.586. The normalized spacial score (nSPS) is 14.5. The molecule has 5 rings (SSSR count). The molecular formula is C26H31N7O. The van der Waals surface area contributed by atoms with Crippen molar-refractivity contribution in [3.63, 3.8) is 0 Å². The van der Waals surface area contributed by atoms with E-state index >= 15 is 0 Å². The van der Waals surface area contributed by atoms with Crippen molar-refractivity contribution in [2.75, 3.05) is 0 Å². The molecule has 0 aliphatic heterocycles. The molecule has 0 saturated heterocycles. The lowest BCUT2D eigenvalue weighted by Crippen LogP contribution is -2.29. The number of imidazole rings is 1. The Hall–Kier alpha value is -3.55. The van der Waals surface area contributed by atoms with E-state index < -0.39 is 0 Å². The third-order valence-corrected chi connectivity index (χ3v) is 6.82. The second-order valence-electron chi connectivity index (χ2n) is 9.14. The van der Waals surface area contributed by atoms with Crippen LogP contribution in [0.25, 0.3) is 22.6 Å².